The maximum Gasteiger partial charge on any atom is 0.328 e. The number of carbonyl (C=O) groups excluding carboxylic acids is 1. The molecule has 5 N–H and O–H groups in total. The van der Waals surface area contributed by atoms with Gasteiger partial charge in [-0.05, 0) is 0 Å². The third-order valence-corrected chi connectivity index (χ3v) is 4.52. The van der Waals surface area contributed by atoms with Crippen LogP contribution in [0.1, 0.15) is 6.42 Å². The minimum atomic E-state index is -5.13. The summed E-state index contributed by atoms with van der Waals surface area (Å²) < 4.78 is 46.5. The standard InChI is InChI=1S/C13H20O12S/c1-2-3-23-13-11(10(18)9(17)6(5-14)24-13)25-12(19)7(4-8(15)16)26(20,21)22/h2,6-7,9-11,13-14,17-18H,1,3-5H2,(H,15,16)(H,20,21,22)/t6-,7?,9-,10+,11-,13?/m1/s1. The van der Waals surface area contributed by atoms with Crippen molar-refractivity contribution in [1.82, 2.24) is 0 Å². The molecule has 1 saturated heterocycles. The highest BCUT2D eigenvalue weighted by molar-refractivity contribution is 7.87. The lowest BCUT2D eigenvalue weighted by Crippen LogP contribution is -2.61. The molecular weight excluding hydrogens is 380 g/mol. The zero-order chi connectivity index (χ0) is 20.1. The Morgan fingerprint density at radius 1 is 1.27 bits per heavy atom. The number of hydrogen-bond acceptors (Lipinski definition) is 10. The van der Waals surface area contributed by atoms with E-state index in [1.165, 1.54) is 6.08 Å². The summed E-state index contributed by atoms with van der Waals surface area (Å²) in [6.07, 6.45) is -8.17. The van der Waals surface area contributed by atoms with Crippen molar-refractivity contribution < 1.29 is 57.2 Å². The molecule has 1 rings (SSSR count). The van der Waals surface area contributed by atoms with Crippen LogP contribution < -0.4 is 0 Å². The Morgan fingerprint density at radius 3 is 2.35 bits per heavy atom. The zero-order valence-electron chi connectivity index (χ0n) is 13.4. The topological polar surface area (TPSA) is 197 Å². The minimum absolute atomic E-state index is 0.156. The summed E-state index contributed by atoms with van der Waals surface area (Å²) in [6.45, 7) is 2.51. The van der Waals surface area contributed by atoms with E-state index in [-0.39, 0.29) is 6.61 Å². The molecule has 0 aliphatic carbocycles. The number of aliphatic hydroxyl groups is 3. The maximum atomic E-state index is 12.0. The van der Waals surface area contributed by atoms with Gasteiger partial charge in [0.25, 0.3) is 10.1 Å². The van der Waals surface area contributed by atoms with Crippen LogP contribution in [0, 0.1) is 0 Å². The molecule has 12 nitrogen and oxygen atoms in total. The highest BCUT2D eigenvalue weighted by Crippen LogP contribution is 2.25. The van der Waals surface area contributed by atoms with Crippen LogP contribution in [-0.2, 0) is 33.9 Å². The fraction of sp³-hybridized carbons (Fsp3) is 0.692. The average molecular weight is 400 g/mol. The van der Waals surface area contributed by atoms with Crippen molar-refractivity contribution in [3.8, 4) is 0 Å². The Balaban J connectivity index is 3.04. The summed E-state index contributed by atoms with van der Waals surface area (Å²) in [4.78, 5) is 22.7. The summed E-state index contributed by atoms with van der Waals surface area (Å²) in [5.74, 6) is -3.39. The molecule has 0 amide bonds. The molecule has 2 unspecified atom stereocenters. The van der Waals surface area contributed by atoms with Gasteiger partial charge in [-0.15, -0.1) is 6.58 Å². The van der Waals surface area contributed by atoms with E-state index in [4.69, 9.17) is 29.0 Å². The molecule has 0 aromatic rings. The number of carboxylic acids is 1. The van der Waals surface area contributed by atoms with Crippen molar-refractivity contribution in [1.29, 1.82) is 0 Å². The van der Waals surface area contributed by atoms with E-state index < -0.39 is 71.0 Å². The van der Waals surface area contributed by atoms with Gasteiger partial charge in [0.1, 0.15) is 18.3 Å². The van der Waals surface area contributed by atoms with Gasteiger partial charge < -0.3 is 34.6 Å². The number of esters is 1. The first-order valence-corrected chi connectivity index (χ1v) is 8.76. The molecule has 13 heteroatoms. The summed E-state index contributed by atoms with van der Waals surface area (Å²) in [7, 11) is -5.13. The molecule has 0 saturated carbocycles. The Bertz CT molecular complexity index is 617. The molecule has 0 aromatic heterocycles. The van der Waals surface area contributed by atoms with Crippen molar-refractivity contribution in [2.75, 3.05) is 13.2 Å². The fourth-order valence-corrected chi connectivity index (χ4v) is 2.81. The van der Waals surface area contributed by atoms with Crippen molar-refractivity contribution in [2.45, 2.75) is 42.4 Å². The molecule has 150 valence electrons. The van der Waals surface area contributed by atoms with E-state index in [1.807, 2.05) is 0 Å². The smallest absolute Gasteiger partial charge is 0.328 e. The first-order valence-electron chi connectivity index (χ1n) is 7.26. The van der Waals surface area contributed by atoms with E-state index in [0.29, 0.717) is 0 Å². The van der Waals surface area contributed by atoms with Gasteiger partial charge in [0, 0.05) is 0 Å². The molecule has 1 aliphatic rings. The van der Waals surface area contributed by atoms with Gasteiger partial charge in [0.2, 0.25) is 0 Å². The molecule has 1 heterocycles. The first-order chi connectivity index (χ1) is 12.0. The van der Waals surface area contributed by atoms with E-state index in [1.54, 1.807) is 0 Å². The second-order valence-electron chi connectivity index (χ2n) is 5.33. The number of carboxylic acid groups (broad SMARTS) is 1. The van der Waals surface area contributed by atoms with Crippen molar-refractivity contribution in [3.05, 3.63) is 12.7 Å². The van der Waals surface area contributed by atoms with Gasteiger partial charge in [-0.3, -0.25) is 14.1 Å². The third kappa shape index (κ3) is 5.70. The largest absolute Gasteiger partial charge is 0.481 e. The highest BCUT2D eigenvalue weighted by atomic mass is 32.2. The number of aliphatic hydroxyl groups excluding tert-OH is 3. The summed E-state index contributed by atoms with van der Waals surface area (Å²) >= 11 is 0. The Hall–Kier alpha value is -1.61. The van der Waals surface area contributed by atoms with Gasteiger partial charge in [0.15, 0.2) is 17.6 Å². The summed E-state index contributed by atoms with van der Waals surface area (Å²) in [6, 6.07) is 0. The monoisotopic (exact) mass is 400 g/mol. The average Bonchev–Trinajstić information content (AvgIpc) is 2.54. The highest BCUT2D eigenvalue weighted by Gasteiger charge is 2.48. The number of hydrogen-bond donors (Lipinski definition) is 5. The van der Waals surface area contributed by atoms with Gasteiger partial charge in [-0.25, -0.2) is 0 Å². The molecule has 26 heavy (non-hydrogen) atoms. The fourth-order valence-electron chi connectivity index (χ4n) is 2.16. The minimum Gasteiger partial charge on any atom is -0.481 e. The maximum absolute atomic E-state index is 12.0. The van der Waals surface area contributed by atoms with E-state index in [2.05, 4.69) is 6.58 Å². The zero-order valence-corrected chi connectivity index (χ0v) is 14.2. The molecular formula is C13H20O12S. The Labute approximate surface area is 148 Å². The molecule has 6 atom stereocenters. The van der Waals surface area contributed by atoms with Crippen LogP contribution in [0.3, 0.4) is 0 Å². The molecule has 0 bridgehead atoms. The van der Waals surface area contributed by atoms with Crippen molar-refractivity contribution in [2.24, 2.45) is 0 Å². The second kappa shape index (κ2) is 9.36. The van der Waals surface area contributed by atoms with Crippen LogP contribution in [0.25, 0.3) is 0 Å². The normalized spacial score (nSPS) is 30.4. The second-order valence-corrected chi connectivity index (χ2v) is 6.93. The van der Waals surface area contributed by atoms with Gasteiger partial charge in [-0.1, -0.05) is 6.08 Å². The van der Waals surface area contributed by atoms with Crippen LogP contribution >= 0.6 is 0 Å². The SMILES string of the molecule is C=CCOC1O[C@H](CO)[C@@H](O)[C@H](O)[C@H]1OC(=O)C(CC(=O)O)S(=O)(=O)O. The van der Waals surface area contributed by atoms with Crippen LogP contribution in [0.2, 0.25) is 0 Å². The van der Waals surface area contributed by atoms with Crippen molar-refractivity contribution >= 4 is 22.1 Å². The first kappa shape index (κ1) is 22.4. The van der Waals surface area contributed by atoms with E-state index in [9.17, 15) is 28.2 Å². The summed E-state index contributed by atoms with van der Waals surface area (Å²) in [5.41, 5.74) is 0. The van der Waals surface area contributed by atoms with Crippen LogP contribution in [0.4, 0.5) is 0 Å². The van der Waals surface area contributed by atoms with E-state index >= 15 is 0 Å². The molecule has 1 aliphatic heterocycles. The van der Waals surface area contributed by atoms with Crippen LogP contribution in [0.5, 0.6) is 0 Å². The lowest BCUT2D eigenvalue weighted by Gasteiger charge is -2.41. The van der Waals surface area contributed by atoms with Crippen molar-refractivity contribution in [3.63, 3.8) is 0 Å². The lowest BCUT2D eigenvalue weighted by molar-refractivity contribution is -0.301. The van der Waals surface area contributed by atoms with E-state index in [0.717, 1.165) is 0 Å². The number of aliphatic carboxylic acids is 1. The quantitative estimate of drug-likeness (QED) is 0.152. The predicted molar refractivity (Wildman–Crippen MR) is 81.4 cm³/mol. The number of carbonyl (C=O) groups is 2. The van der Waals surface area contributed by atoms with Gasteiger partial charge in [0.05, 0.1) is 19.6 Å². The van der Waals surface area contributed by atoms with Crippen LogP contribution in [-0.4, -0.2) is 94.5 Å². The molecule has 0 aromatic carbocycles. The summed E-state index contributed by atoms with van der Waals surface area (Å²) in [5, 5.41) is 35.3. The molecule has 0 radical (unpaired) electrons. The molecule has 1 fully saturated rings. The molecule has 0 spiro atoms. The Kier molecular flexibility index (Phi) is 8.08. The predicted octanol–water partition coefficient (Wildman–Crippen LogP) is -2.73. The van der Waals surface area contributed by atoms with Crippen LogP contribution in [0.15, 0.2) is 12.7 Å². The number of ether oxygens (including phenoxy) is 3. The number of rotatable bonds is 9. The lowest BCUT2D eigenvalue weighted by atomic mass is 9.99. The van der Waals surface area contributed by atoms with Gasteiger partial charge >= 0.3 is 11.9 Å². The Morgan fingerprint density at radius 2 is 1.88 bits per heavy atom. The third-order valence-electron chi connectivity index (χ3n) is 3.44. The van der Waals surface area contributed by atoms with Gasteiger partial charge in [-0.2, -0.15) is 8.42 Å².